The second-order valence-electron chi connectivity index (χ2n) is 2.61. The first kappa shape index (κ1) is 9.87. The quantitative estimate of drug-likeness (QED) is 0.618. The zero-order valence-electron chi connectivity index (χ0n) is 7.31. The van der Waals surface area contributed by atoms with Crippen LogP contribution in [0.15, 0.2) is 36.4 Å². The fourth-order valence-electron chi connectivity index (χ4n) is 1.24. The van der Waals surface area contributed by atoms with Crippen LogP contribution >= 0.6 is 0 Å². The van der Waals surface area contributed by atoms with E-state index in [-0.39, 0.29) is 11.6 Å². The van der Waals surface area contributed by atoms with Gasteiger partial charge in [0.1, 0.15) is 0 Å². The molecule has 0 amide bonds. The lowest BCUT2D eigenvalue weighted by molar-refractivity contribution is 0.0994. The van der Waals surface area contributed by atoms with E-state index in [0.29, 0.717) is 11.1 Å². The number of nitriles is 1. The highest BCUT2D eigenvalue weighted by atomic mass is 16.1. The highest BCUT2D eigenvalue weighted by Crippen LogP contribution is 2.15. The first-order chi connectivity index (χ1) is 6.79. The minimum atomic E-state index is -0.0924. The molecule has 0 aliphatic heterocycles. The monoisotopic (exact) mass is 185 g/mol. The molecule has 1 aromatic carbocycles. The van der Waals surface area contributed by atoms with Crippen LogP contribution in [0.4, 0.5) is 0 Å². The number of hydrogen-bond acceptors (Lipinski definition) is 3. The second kappa shape index (κ2) is 4.15. The van der Waals surface area contributed by atoms with Crippen LogP contribution in [0.5, 0.6) is 0 Å². The van der Waals surface area contributed by atoms with E-state index in [0.717, 1.165) is 0 Å². The van der Waals surface area contributed by atoms with Gasteiger partial charge in [-0.1, -0.05) is 24.3 Å². The summed E-state index contributed by atoms with van der Waals surface area (Å²) in [5.74, 6) is -0.185. The number of ketones is 2. The topological polar surface area (TPSA) is 57.9 Å². The van der Waals surface area contributed by atoms with Crippen molar-refractivity contribution < 1.29 is 9.59 Å². The van der Waals surface area contributed by atoms with E-state index in [2.05, 4.69) is 6.57 Å². The lowest BCUT2D eigenvalue weighted by Crippen LogP contribution is -2.10. The van der Waals surface area contributed by atoms with Gasteiger partial charge in [0.15, 0.2) is 11.6 Å². The van der Waals surface area contributed by atoms with Gasteiger partial charge in [-0.05, 0) is 12.2 Å². The maximum Gasteiger partial charge on any atom is 0.186 e. The molecule has 1 aromatic rings. The Balaban J connectivity index is 0.000000461. The van der Waals surface area contributed by atoms with Gasteiger partial charge >= 0.3 is 0 Å². The summed E-state index contributed by atoms with van der Waals surface area (Å²) in [7, 11) is 0. The minimum Gasteiger partial charge on any atom is -0.289 e. The minimum absolute atomic E-state index is 0.0924. The standard InChI is InChI=1S/C10H6O2.CHN/c11-9-5-6-10(12)8-4-2-1-3-7(8)9;1-2/h1-6H;1H. The van der Waals surface area contributed by atoms with Crippen LogP contribution in [-0.4, -0.2) is 11.6 Å². The second-order valence-corrected chi connectivity index (χ2v) is 2.61. The van der Waals surface area contributed by atoms with Crippen LogP contribution in [0, 0.1) is 11.8 Å². The zero-order valence-corrected chi connectivity index (χ0v) is 7.31. The first-order valence-corrected chi connectivity index (χ1v) is 3.90. The molecule has 0 saturated heterocycles. The molecule has 0 heterocycles. The Hall–Kier alpha value is -2.21. The maximum absolute atomic E-state index is 11.2. The Morgan fingerprint density at radius 1 is 0.857 bits per heavy atom. The van der Waals surface area contributed by atoms with E-state index in [9.17, 15) is 9.59 Å². The number of carbonyl (C=O) groups excluding carboxylic acids is 2. The molecule has 0 unspecified atom stereocenters. The molecule has 0 saturated carbocycles. The highest BCUT2D eigenvalue weighted by molar-refractivity contribution is 6.21. The summed E-state index contributed by atoms with van der Waals surface area (Å²) in [5, 5.41) is 6.50. The molecule has 0 radical (unpaired) electrons. The number of hydrogen-bond donors (Lipinski definition) is 0. The summed E-state index contributed by atoms with van der Waals surface area (Å²) in [6, 6.07) is 6.84. The third-order valence-electron chi connectivity index (χ3n) is 1.84. The average molecular weight is 185 g/mol. The predicted molar refractivity (Wildman–Crippen MR) is 50.9 cm³/mol. The van der Waals surface area contributed by atoms with Gasteiger partial charge in [-0.2, -0.15) is 0 Å². The number of rotatable bonds is 0. The number of carbonyl (C=O) groups is 2. The molecule has 0 bridgehead atoms. The summed E-state index contributed by atoms with van der Waals surface area (Å²) in [6.07, 6.45) is 2.62. The van der Waals surface area contributed by atoms with Crippen molar-refractivity contribution >= 4 is 11.6 Å². The van der Waals surface area contributed by atoms with Crippen molar-refractivity contribution in [2.45, 2.75) is 0 Å². The average Bonchev–Trinajstić information content (AvgIpc) is 2.27. The highest BCUT2D eigenvalue weighted by Gasteiger charge is 2.16. The molecular formula is C11H7NO2. The van der Waals surface area contributed by atoms with Crippen molar-refractivity contribution in [3.8, 4) is 6.57 Å². The largest absolute Gasteiger partial charge is 0.289 e. The maximum atomic E-state index is 11.2. The molecule has 2 rings (SSSR count). The van der Waals surface area contributed by atoms with Crippen molar-refractivity contribution in [2.75, 3.05) is 0 Å². The Morgan fingerprint density at radius 3 is 1.57 bits per heavy atom. The van der Waals surface area contributed by atoms with Gasteiger partial charge in [0.05, 0.1) is 0 Å². The van der Waals surface area contributed by atoms with E-state index in [1.807, 2.05) is 0 Å². The van der Waals surface area contributed by atoms with Gasteiger partial charge in [0.2, 0.25) is 0 Å². The Morgan fingerprint density at radius 2 is 1.21 bits per heavy atom. The van der Waals surface area contributed by atoms with Crippen LogP contribution in [-0.2, 0) is 0 Å². The Bertz CT molecular complexity index is 393. The number of benzene rings is 1. The van der Waals surface area contributed by atoms with Gasteiger partial charge < -0.3 is 0 Å². The third kappa shape index (κ3) is 1.59. The van der Waals surface area contributed by atoms with Crippen LogP contribution in [0.2, 0.25) is 0 Å². The van der Waals surface area contributed by atoms with E-state index < -0.39 is 0 Å². The molecular weight excluding hydrogens is 178 g/mol. The molecule has 1 aliphatic rings. The van der Waals surface area contributed by atoms with E-state index in [4.69, 9.17) is 5.26 Å². The van der Waals surface area contributed by atoms with Gasteiger partial charge in [-0.25, -0.2) is 5.26 Å². The molecule has 1 aliphatic carbocycles. The zero-order chi connectivity index (χ0) is 10.6. The fourth-order valence-corrected chi connectivity index (χ4v) is 1.24. The lowest BCUT2D eigenvalue weighted by Gasteiger charge is -2.06. The summed E-state index contributed by atoms with van der Waals surface area (Å²) in [5.41, 5.74) is 1.01. The van der Waals surface area contributed by atoms with Gasteiger partial charge in [-0.15, -0.1) is 0 Å². The number of allylic oxidation sites excluding steroid dienone is 2. The Labute approximate surface area is 81.3 Å². The number of nitrogens with zero attached hydrogens (tertiary/aromatic N) is 1. The van der Waals surface area contributed by atoms with Crippen LogP contribution in [0.1, 0.15) is 20.7 Å². The van der Waals surface area contributed by atoms with E-state index in [1.165, 1.54) is 12.2 Å². The van der Waals surface area contributed by atoms with Crippen molar-refractivity contribution in [1.82, 2.24) is 0 Å². The molecule has 68 valence electrons. The summed E-state index contributed by atoms with van der Waals surface area (Å²) in [6.45, 7) is 3.50. The van der Waals surface area contributed by atoms with Crippen LogP contribution < -0.4 is 0 Å². The van der Waals surface area contributed by atoms with Crippen LogP contribution in [0.3, 0.4) is 0 Å². The molecule has 3 heteroatoms. The molecule has 0 atom stereocenters. The summed E-state index contributed by atoms with van der Waals surface area (Å²) < 4.78 is 0. The van der Waals surface area contributed by atoms with Crippen molar-refractivity contribution in [3.63, 3.8) is 0 Å². The van der Waals surface area contributed by atoms with Crippen LogP contribution in [0.25, 0.3) is 0 Å². The van der Waals surface area contributed by atoms with Gasteiger partial charge in [0, 0.05) is 17.7 Å². The number of fused-ring (bicyclic) bond motifs is 1. The molecule has 0 spiro atoms. The first-order valence-electron chi connectivity index (χ1n) is 3.90. The fraction of sp³-hybridized carbons (Fsp3) is 0. The van der Waals surface area contributed by atoms with Gasteiger partial charge in [0.25, 0.3) is 0 Å². The smallest absolute Gasteiger partial charge is 0.186 e. The lowest BCUT2D eigenvalue weighted by atomic mass is 9.95. The van der Waals surface area contributed by atoms with Crippen molar-refractivity contribution in [3.05, 3.63) is 47.5 Å². The summed E-state index contributed by atoms with van der Waals surface area (Å²) >= 11 is 0. The predicted octanol–water partition coefficient (Wildman–Crippen LogP) is 1.76. The third-order valence-corrected chi connectivity index (χ3v) is 1.84. The molecule has 14 heavy (non-hydrogen) atoms. The van der Waals surface area contributed by atoms with Gasteiger partial charge in [-0.3, -0.25) is 9.59 Å². The molecule has 0 aromatic heterocycles. The normalized spacial score (nSPS) is 12.7. The summed E-state index contributed by atoms with van der Waals surface area (Å²) in [4.78, 5) is 22.4. The molecule has 3 nitrogen and oxygen atoms in total. The molecule has 0 fully saturated rings. The SMILES string of the molecule is C#N.O=C1C=CC(=O)c2ccccc21. The van der Waals surface area contributed by atoms with Crippen molar-refractivity contribution in [2.24, 2.45) is 0 Å². The molecule has 0 N–H and O–H groups in total. The van der Waals surface area contributed by atoms with E-state index >= 15 is 0 Å². The Kier molecular flexibility index (Phi) is 2.93. The van der Waals surface area contributed by atoms with Crippen molar-refractivity contribution in [1.29, 1.82) is 5.26 Å². The van der Waals surface area contributed by atoms with E-state index in [1.54, 1.807) is 24.3 Å².